The highest BCUT2D eigenvalue weighted by Crippen LogP contribution is 2.19. The molecule has 50 valence electrons. The SMILES string of the molecule is CC1=CCC2=NC=CC2=C1. The van der Waals surface area contributed by atoms with Gasteiger partial charge in [0, 0.05) is 12.6 Å². The largest absolute Gasteiger partial charge is 0.260 e. The lowest BCUT2D eigenvalue weighted by molar-refractivity contribution is 1.33. The van der Waals surface area contributed by atoms with Crippen LogP contribution in [0.5, 0.6) is 0 Å². The van der Waals surface area contributed by atoms with Gasteiger partial charge in [-0.3, -0.25) is 4.99 Å². The number of allylic oxidation sites excluding steroid dienone is 5. The van der Waals surface area contributed by atoms with E-state index in [0.29, 0.717) is 0 Å². The van der Waals surface area contributed by atoms with E-state index in [4.69, 9.17) is 0 Å². The first-order chi connectivity index (χ1) is 4.86. The summed E-state index contributed by atoms with van der Waals surface area (Å²) in [5.74, 6) is 0. The number of hydrogen-bond acceptors (Lipinski definition) is 1. The molecule has 0 atom stereocenters. The lowest BCUT2D eigenvalue weighted by atomic mass is 10.00. The topological polar surface area (TPSA) is 12.4 Å². The van der Waals surface area contributed by atoms with Gasteiger partial charge in [0.2, 0.25) is 0 Å². The lowest BCUT2D eigenvalue weighted by Gasteiger charge is -2.06. The smallest absolute Gasteiger partial charge is 0.0514 e. The molecular formula is C9H9N. The monoisotopic (exact) mass is 131 g/mol. The predicted octanol–water partition coefficient (Wildman–Crippen LogP) is 2.23. The Morgan fingerprint density at radius 2 is 2.40 bits per heavy atom. The predicted molar refractivity (Wildman–Crippen MR) is 43.0 cm³/mol. The second-order valence-corrected chi connectivity index (χ2v) is 2.64. The molecule has 0 aromatic rings. The maximum absolute atomic E-state index is 4.22. The fourth-order valence-corrected chi connectivity index (χ4v) is 1.24. The van der Waals surface area contributed by atoms with Crippen LogP contribution in [-0.2, 0) is 0 Å². The molecule has 0 aromatic carbocycles. The van der Waals surface area contributed by atoms with E-state index in [2.05, 4.69) is 30.1 Å². The first-order valence-electron chi connectivity index (χ1n) is 3.48. The van der Waals surface area contributed by atoms with E-state index in [9.17, 15) is 0 Å². The average molecular weight is 131 g/mol. The Balaban J connectivity index is 2.43. The molecule has 0 aromatic heterocycles. The molecule has 1 nitrogen and oxygen atoms in total. The normalized spacial score (nSPS) is 21.5. The Hall–Kier alpha value is -1.11. The fourth-order valence-electron chi connectivity index (χ4n) is 1.24. The lowest BCUT2D eigenvalue weighted by Crippen LogP contribution is -2.00. The van der Waals surface area contributed by atoms with Crippen molar-refractivity contribution in [2.24, 2.45) is 4.99 Å². The van der Waals surface area contributed by atoms with Crippen LogP contribution < -0.4 is 0 Å². The van der Waals surface area contributed by atoms with E-state index in [1.807, 2.05) is 6.20 Å². The van der Waals surface area contributed by atoms with Crippen molar-refractivity contribution in [3.8, 4) is 0 Å². The van der Waals surface area contributed by atoms with Gasteiger partial charge in [-0.15, -0.1) is 0 Å². The Bertz CT molecular complexity index is 277. The Labute approximate surface area is 60.5 Å². The zero-order valence-electron chi connectivity index (χ0n) is 5.96. The van der Waals surface area contributed by atoms with E-state index in [-0.39, 0.29) is 0 Å². The van der Waals surface area contributed by atoms with Crippen LogP contribution in [-0.4, -0.2) is 5.71 Å². The summed E-state index contributed by atoms with van der Waals surface area (Å²) >= 11 is 0. The maximum Gasteiger partial charge on any atom is 0.0514 e. The molecule has 0 radical (unpaired) electrons. The number of fused-ring (bicyclic) bond motifs is 1. The standard InChI is InChI=1S/C9H9N/c1-7-2-3-9-8(6-7)4-5-10-9/h2,4-6H,3H2,1H3. The fraction of sp³-hybridized carbons (Fsp3) is 0.222. The zero-order valence-corrected chi connectivity index (χ0v) is 5.96. The summed E-state index contributed by atoms with van der Waals surface area (Å²) in [4.78, 5) is 4.22. The van der Waals surface area contributed by atoms with Crippen LogP contribution in [0.15, 0.2) is 40.6 Å². The van der Waals surface area contributed by atoms with Crippen molar-refractivity contribution in [1.82, 2.24) is 0 Å². The molecule has 0 bridgehead atoms. The van der Waals surface area contributed by atoms with Gasteiger partial charge in [-0.25, -0.2) is 0 Å². The molecule has 0 fully saturated rings. The summed E-state index contributed by atoms with van der Waals surface area (Å²) in [7, 11) is 0. The third-order valence-corrected chi connectivity index (χ3v) is 1.82. The Morgan fingerprint density at radius 3 is 3.30 bits per heavy atom. The third kappa shape index (κ3) is 0.747. The number of rotatable bonds is 0. The number of hydrogen-bond donors (Lipinski definition) is 0. The molecule has 2 rings (SSSR count). The third-order valence-electron chi connectivity index (χ3n) is 1.82. The van der Waals surface area contributed by atoms with Gasteiger partial charge in [0.05, 0.1) is 5.71 Å². The van der Waals surface area contributed by atoms with E-state index in [0.717, 1.165) is 6.42 Å². The summed E-state index contributed by atoms with van der Waals surface area (Å²) in [5, 5.41) is 0. The van der Waals surface area contributed by atoms with E-state index in [1.54, 1.807) is 0 Å². The van der Waals surface area contributed by atoms with Crippen LogP contribution in [0.2, 0.25) is 0 Å². The van der Waals surface area contributed by atoms with E-state index in [1.165, 1.54) is 16.9 Å². The first kappa shape index (κ1) is 5.66. The van der Waals surface area contributed by atoms with Crippen LogP contribution in [0.1, 0.15) is 13.3 Å². The molecule has 0 spiro atoms. The minimum absolute atomic E-state index is 1.00. The molecule has 1 aliphatic heterocycles. The second kappa shape index (κ2) is 1.94. The van der Waals surface area contributed by atoms with Crippen molar-refractivity contribution in [2.75, 3.05) is 0 Å². The van der Waals surface area contributed by atoms with Crippen LogP contribution in [0.25, 0.3) is 0 Å². The van der Waals surface area contributed by atoms with Crippen molar-refractivity contribution in [1.29, 1.82) is 0 Å². The molecular weight excluding hydrogens is 122 g/mol. The molecule has 0 amide bonds. The Morgan fingerprint density at radius 1 is 1.50 bits per heavy atom. The average Bonchev–Trinajstić information content (AvgIpc) is 2.33. The van der Waals surface area contributed by atoms with Gasteiger partial charge in [0.25, 0.3) is 0 Å². The molecule has 2 aliphatic rings. The molecule has 1 aliphatic carbocycles. The van der Waals surface area contributed by atoms with Crippen LogP contribution in [0.4, 0.5) is 0 Å². The van der Waals surface area contributed by atoms with Crippen molar-refractivity contribution in [3.63, 3.8) is 0 Å². The molecule has 10 heavy (non-hydrogen) atoms. The van der Waals surface area contributed by atoms with Crippen LogP contribution >= 0.6 is 0 Å². The van der Waals surface area contributed by atoms with Gasteiger partial charge in [0.15, 0.2) is 0 Å². The molecule has 0 N–H and O–H groups in total. The van der Waals surface area contributed by atoms with Gasteiger partial charge in [-0.05, 0) is 18.6 Å². The second-order valence-electron chi connectivity index (χ2n) is 2.64. The van der Waals surface area contributed by atoms with Crippen LogP contribution in [0, 0.1) is 0 Å². The highest BCUT2D eigenvalue weighted by atomic mass is 14.7. The molecule has 1 heteroatoms. The quantitative estimate of drug-likeness (QED) is 0.478. The molecule has 0 saturated carbocycles. The summed E-state index contributed by atoms with van der Waals surface area (Å²) in [5.41, 5.74) is 3.85. The minimum Gasteiger partial charge on any atom is -0.260 e. The van der Waals surface area contributed by atoms with Crippen molar-refractivity contribution < 1.29 is 0 Å². The van der Waals surface area contributed by atoms with Gasteiger partial charge in [-0.2, -0.15) is 0 Å². The number of nitrogens with zero attached hydrogens (tertiary/aromatic N) is 1. The highest BCUT2D eigenvalue weighted by Gasteiger charge is 2.10. The van der Waals surface area contributed by atoms with E-state index < -0.39 is 0 Å². The first-order valence-corrected chi connectivity index (χ1v) is 3.48. The summed E-state index contributed by atoms with van der Waals surface area (Å²) in [6.07, 6.45) is 9.31. The number of aliphatic imine (C=N–C) groups is 1. The van der Waals surface area contributed by atoms with Crippen molar-refractivity contribution in [3.05, 3.63) is 35.6 Å². The minimum atomic E-state index is 1.00. The summed E-state index contributed by atoms with van der Waals surface area (Å²) in [6, 6.07) is 0. The van der Waals surface area contributed by atoms with Gasteiger partial charge in [-0.1, -0.05) is 17.7 Å². The van der Waals surface area contributed by atoms with E-state index >= 15 is 0 Å². The zero-order chi connectivity index (χ0) is 6.97. The molecule has 0 saturated heterocycles. The Kier molecular flexibility index (Phi) is 1.10. The van der Waals surface area contributed by atoms with Gasteiger partial charge in [0.1, 0.15) is 0 Å². The summed E-state index contributed by atoms with van der Waals surface area (Å²) in [6.45, 7) is 2.12. The maximum atomic E-state index is 4.22. The highest BCUT2D eigenvalue weighted by molar-refractivity contribution is 6.06. The molecule has 0 unspecified atom stereocenters. The van der Waals surface area contributed by atoms with Crippen molar-refractivity contribution >= 4 is 5.71 Å². The van der Waals surface area contributed by atoms with Crippen LogP contribution in [0.3, 0.4) is 0 Å². The van der Waals surface area contributed by atoms with Gasteiger partial charge >= 0.3 is 0 Å². The van der Waals surface area contributed by atoms with Crippen molar-refractivity contribution in [2.45, 2.75) is 13.3 Å². The molecule has 1 heterocycles. The summed E-state index contributed by atoms with van der Waals surface area (Å²) < 4.78 is 0. The van der Waals surface area contributed by atoms with Gasteiger partial charge < -0.3 is 0 Å².